The van der Waals surface area contributed by atoms with Gasteiger partial charge in [0.05, 0.1) is 19.1 Å². The van der Waals surface area contributed by atoms with E-state index in [2.05, 4.69) is 5.32 Å². The molecule has 0 amide bonds. The van der Waals surface area contributed by atoms with Crippen LogP contribution in [-0.2, 0) is 4.74 Å². The van der Waals surface area contributed by atoms with Gasteiger partial charge >= 0.3 is 6.18 Å². The number of hydrogen-bond donors (Lipinski definition) is 2. The van der Waals surface area contributed by atoms with Gasteiger partial charge in [0.1, 0.15) is 0 Å². The van der Waals surface area contributed by atoms with Crippen LogP contribution in [0.25, 0.3) is 0 Å². The first-order valence-corrected chi connectivity index (χ1v) is 5.93. The number of aliphatic hydroxyl groups excluding tert-OH is 1. The van der Waals surface area contributed by atoms with Gasteiger partial charge in [-0.3, -0.25) is 0 Å². The number of hydrogen-bond acceptors (Lipinski definition) is 3. The Balaban J connectivity index is 1.99. The van der Waals surface area contributed by atoms with Crippen molar-refractivity contribution in [3.05, 3.63) is 0 Å². The summed E-state index contributed by atoms with van der Waals surface area (Å²) in [4.78, 5) is 0. The van der Waals surface area contributed by atoms with Gasteiger partial charge in [0.25, 0.3) is 0 Å². The first-order chi connectivity index (χ1) is 7.87. The van der Waals surface area contributed by atoms with Crippen molar-refractivity contribution < 1.29 is 23.0 Å². The van der Waals surface area contributed by atoms with Crippen molar-refractivity contribution in [2.45, 2.75) is 44.5 Å². The van der Waals surface area contributed by atoms with Crippen LogP contribution in [-0.4, -0.2) is 43.2 Å². The van der Waals surface area contributed by atoms with Gasteiger partial charge < -0.3 is 15.2 Å². The molecule has 1 aliphatic rings. The third kappa shape index (κ3) is 8.40. The van der Waals surface area contributed by atoms with Crippen molar-refractivity contribution in [1.82, 2.24) is 5.32 Å². The summed E-state index contributed by atoms with van der Waals surface area (Å²) in [5, 5.41) is 12.1. The summed E-state index contributed by atoms with van der Waals surface area (Å²) < 4.78 is 41.2. The van der Waals surface area contributed by atoms with Crippen molar-refractivity contribution in [2.75, 3.05) is 19.8 Å². The summed E-state index contributed by atoms with van der Waals surface area (Å²) in [7, 11) is 0. The van der Waals surface area contributed by atoms with Crippen LogP contribution in [0, 0.1) is 5.92 Å². The maximum atomic E-state index is 12.0. The molecule has 0 saturated heterocycles. The second kappa shape index (κ2) is 6.56. The molecule has 0 aromatic heterocycles. The Labute approximate surface area is 99.3 Å². The molecule has 1 saturated carbocycles. The third-order valence-corrected chi connectivity index (χ3v) is 2.60. The fraction of sp³-hybridized carbons (Fsp3) is 1.00. The number of nitrogens with one attached hydrogen (secondary N) is 1. The molecule has 0 heterocycles. The molecule has 2 atom stereocenters. The van der Waals surface area contributed by atoms with Gasteiger partial charge in [-0.1, -0.05) is 0 Å². The van der Waals surface area contributed by atoms with Gasteiger partial charge in [0.2, 0.25) is 0 Å². The smallest absolute Gasteiger partial charge is 0.389 e. The first kappa shape index (κ1) is 14.7. The molecule has 2 unspecified atom stereocenters. The van der Waals surface area contributed by atoms with Crippen molar-refractivity contribution in [1.29, 1.82) is 0 Å². The van der Waals surface area contributed by atoms with Crippen molar-refractivity contribution in [3.8, 4) is 0 Å². The number of ether oxygens (including phenoxy) is 1. The average molecular weight is 255 g/mol. The lowest BCUT2D eigenvalue weighted by molar-refractivity contribution is -0.139. The molecule has 0 bridgehead atoms. The predicted molar refractivity (Wildman–Crippen MR) is 57.7 cm³/mol. The van der Waals surface area contributed by atoms with Crippen molar-refractivity contribution in [3.63, 3.8) is 0 Å². The Morgan fingerprint density at radius 3 is 2.59 bits per heavy atom. The largest absolute Gasteiger partial charge is 0.390 e. The SMILES string of the molecule is CC(CC(F)(F)F)NCC(O)COCC1CC1. The molecule has 2 N–H and O–H groups in total. The lowest BCUT2D eigenvalue weighted by Crippen LogP contribution is -2.38. The molecule has 1 rings (SSSR count). The van der Waals surface area contributed by atoms with Gasteiger partial charge in [-0.15, -0.1) is 0 Å². The molecule has 0 aromatic carbocycles. The Hall–Kier alpha value is -0.330. The first-order valence-electron chi connectivity index (χ1n) is 5.93. The maximum Gasteiger partial charge on any atom is 0.390 e. The number of aliphatic hydroxyl groups is 1. The fourth-order valence-electron chi connectivity index (χ4n) is 1.47. The van der Waals surface area contributed by atoms with E-state index in [1.165, 1.54) is 19.8 Å². The molecule has 102 valence electrons. The maximum absolute atomic E-state index is 12.0. The van der Waals surface area contributed by atoms with E-state index in [-0.39, 0.29) is 13.2 Å². The fourth-order valence-corrected chi connectivity index (χ4v) is 1.47. The minimum absolute atomic E-state index is 0.127. The minimum Gasteiger partial charge on any atom is -0.389 e. The van der Waals surface area contributed by atoms with Crippen LogP contribution < -0.4 is 5.32 Å². The monoisotopic (exact) mass is 255 g/mol. The van der Waals surface area contributed by atoms with Gasteiger partial charge in [-0.2, -0.15) is 13.2 Å². The van der Waals surface area contributed by atoms with E-state index in [0.717, 1.165) is 0 Å². The van der Waals surface area contributed by atoms with Gasteiger partial charge in [0, 0.05) is 19.2 Å². The molecular formula is C11H20F3NO2. The van der Waals surface area contributed by atoms with E-state index in [4.69, 9.17) is 4.74 Å². The number of rotatable bonds is 8. The number of halogens is 3. The lowest BCUT2D eigenvalue weighted by Gasteiger charge is -2.18. The highest BCUT2D eigenvalue weighted by molar-refractivity contribution is 4.73. The summed E-state index contributed by atoms with van der Waals surface area (Å²) in [5.41, 5.74) is 0. The van der Waals surface area contributed by atoms with E-state index in [0.29, 0.717) is 12.5 Å². The lowest BCUT2D eigenvalue weighted by atomic mass is 10.2. The molecule has 0 aliphatic heterocycles. The van der Waals surface area contributed by atoms with Crippen LogP contribution in [0.2, 0.25) is 0 Å². The molecular weight excluding hydrogens is 235 g/mol. The van der Waals surface area contributed by atoms with Crippen LogP contribution in [0.5, 0.6) is 0 Å². The summed E-state index contributed by atoms with van der Waals surface area (Å²) in [6.07, 6.45) is -3.44. The van der Waals surface area contributed by atoms with E-state index in [1.807, 2.05) is 0 Å². The summed E-state index contributed by atoms with van der Waals surface area (Å²) in [5.74, 6) is 0.624. The third-order valence-electron chi connectivity index (χ3n) is 2.60. The standard InChI is InChI=1S/C11H20F3NO2/c1-8(4-11(12,13)14)15-5-10(16)7-17-6-9-2-3-9/h8-10,15-16H,2-7H2,1H3. The highest BCUT2D eigenvalue weighted by Gasteiger charge is 2.29. The highest BCUT2D eigenvalue weighted by atomic mass is 19.4. The second-order valence-corrected chi connectivity index (χ2v) is 4.76. The minimum atomic E-state index is -4.17. The Kier molecular flexibility index (Phi) is 5.69. The zero-order valence-electron chi connectivity index (χ0n) is 9.96. The Bertz CT molecular complexity index is 219. The van der Waals surface area contributed by atoms with Crippen LogP contribution >= 0.6 is 0 Å². The molecule has 0 radical (unpaired) electrons. The summed E-state index contributed by atoms with van der Waals surface area (Å²) in [6.45, 7) is 2.41. The number of alkyl halides is 3. The quantitative estimate of drug-likeness (QED) is 0.693. The molecule has 1 fully saturated rings. The Morgan fingerprint density at radius 1 is 1.41 bits per heavy atom. The van der Waals surface area contributed by atoms with E-state index < -0.39 is 24.7 Å². The van der Waals surface area contributed by atoms with E-state index in [1.54, 1.807) is 0 Å². The van der Waals surface area contributed by atoms with Crippen LogP contribution in [0.3, 0.4) is 0 Å². The topological polar surface area (TPSA) is 41.5 Å². The predicted octanol–water partition coefficient (Wildman–Crippen LogP) is 1.70. The average Bonchev–Trinajstić information content (AvgIpc) is 2.96. The van der Waals surface area contributed by atoms with Gasteiger partial charge in [-0.05, 0) is 25.7 Å². The molecule has 0 spiro atoms. The normalized spacial score (nSPS) is 20.3. The molecule has 3 nitrogen and oxygen atoms in total. The Morgan fingerprint density at radius 2 is 2.06 bits per heavy atom. The van der Waals surface area contributed by atoms with Crippen LogP contribution in [0.15, 0.2) is 0 Å². The van der Waals surface area contributed by atoms with Crippen molar-refractivity contribution >= 4 is 0 Å². The van der Waals surface area contributed by atoms with Gasteiger partial charge in [-0.25, -0.2) is 0 Å². The molecule has 1 aliphatic carbocycles. The summed E-state index contributed by atoms with van der Waals surface area (Å²) in [6, 6.07) is -0.687. The van der Waals surface area contributed by atoms with Crippen molar-refractivity contribution in [2.24, 2.45) is 5.92 Å². The zero-order valence-corrected chi connectivity index (χ0v) is 9.96. The van der Waals surface area contributed by atoms with Crippen LogP contribution in [0.1, 0.15) is 26.2 Å². The molecule has 17 heavy (non-hydrogen) atoms. The zero-order chi connectivity index (χ0) is 12.9. The van der Waals surface area contributed by atoms with Crippen LogP contribution in [0.4, 0.5) is 13.2 Å². The molecule has 6 heteroatoms. The van der Waals surface area contributed by atoms with Gasteiger partial charge in [0.15, 0.2) is 0 Å². The summed E-state index contributed by atoms with van der Waals surface area (Å²) >= 11 is 0. The highest BCUT2D eigenvalue weighted by Crippen LogP contribution is 2.28. The molecule has 0 aromatic rings. The second-order valence-electron chi connectivity index (χ2n) is 4.76. The van der Waals surface area contributed by atoms with E-state index >= 15 is 0 Å². The van der Waals surface area contributed by atoms with E-state index in [9.17, 15) is 18.3 Å².